The van der Waals surface area contributed by atoms with E-state index in [1.54, 1.807) is 23.9 Å². The summed E-state index contributed by atoms with van der Waals surface area (Å²) >= 11 is 1.79. The first-order chi connectivity index (χ1) is 9.47. The Morgan fingerprint density at radius 1 is 1.30 bits per heavy atom. The minimum Gasteiger partial charge on any atom is -0.310 e. The molecule has 1 aliphatic heterocycles. The first-order valence-corrected chi connectivity index (χ1v) is 9.53. The van der Waals surface area contributed by atoms with Crippen molar-refractivity contribution >= 4 is 21.8 Å². The maximum Gasteiger partial charge on any atom is 0.240 e. The molecule has 112 valence electrons. The summed E-state index contributed by atoms with van der Waals surface area (Å²) in [7, 11) is -3.38. The van der Waals surface area contributed by atoms with Gasteiger partial charge in [-0.15, -0.1) is 0 Å². The zero-order valence-corrected chi connectivity index (χ0v) is 13.6. The summed E-state index contributed by atoms with van der Waals surface area (Å²) in [5.74, 6) is 1.91. The summed E-state index contributed by atoms with van der Waals surface area (Å²) in [4.78, 5) is 0.350. The predicted octanol–water partition coefficient (Wildman–Crippen LogP) is 1.97. The third kappa shape index (κ3) is 4.48. The van der Waals surface area contributed by atoms with Crippen molar-refractivity contribution in [3.63, 3.8) is 0 Å². The van der Waals surface area contributed by atoms with Gasteiger partial charge in [0.1, 0.15) is 0 Å². The Balaban J connectivity index is 2.00. The van der Waals surface area contributed by atoms with Gasteiger partial charge in [-0.2, -0.15) is 11.8 Å². The van der Waals surface area contributed by atoms with Gasteiger partial charge in [-0.1, -0.05) is 26.0 Å². The summed E-state index contributed by atoms with van der Waals surface area (Å²) in [6, 6.07) is 7.59. The molecule has 0 bridgehead atoms. The lowest BCUT2D eigenvalue weighted by Crippen LogP contribution is -2.34. The van der Waals surface area contributed by atoms with Crippen LogP contribution in [0.3, 0.4) is 0 Å². The van der Waals surface area contributed by atoms with Crippen molar-refractivity contribution < 1.29 is 8.42 Å². The Morgan fingerprint density at radius 2 is 2.00 bits per heavy atom. The van der Waals surface area contributed by atoms with Crippen molar-refractivity contribution in [1.82, 2.24) is 10.0 Å². The van der Waals surface area contributed by atoms with Crippen LogP contribution in [0.15, 0.2) is 29.2 Å². The van der Waals surface area contributed by atoms with Gasteiger partial charge in [0.05, 0.1) is 4.90 Å². The van der Waals surface area contributed by atoms with Crippen LogP contribution >= 0.6 is 11.8 Å². The van der Waals surface area contributed by atoms with Gasteiger partial charge in [0.15, 0.2) is 0 Å². The van der Waals surface area contributed by atoms with Crippen LogP contribution in [0.25, 0.3) is 0 Å². The zero-order chi connectivity index (χ0) is 14.6. The number of thioether (sulfide) groups is 1. The number of sulfonamides is 1. The van der Waals surface area contributed by atoms with E-state index in [1.807, 2.05) is 12.1 Å². The molecule has 0 saturated carbocycles. The van der Waals surface area contributed by atoms with Gasteiger partial charge in [0, 0.05) is 24.4 Å². The molecule has 20 heavy (non-hydrogen) atoms. The van der Waals surface area contributed by atoms with Gasteiger partial charge < -0.3 is 5.32 Å². The van der Waals surface area contributed by atoms with Gasteiger partial charge in [-0.25, -0.2) is 13.1 Å². The minimum atomic E-state index is -3.38. The highest BCUT2D eigenvalue weighted by molar-refractivity contribution is 7.99. The number of nitrogens with one attached hydrogen (secondary N) is 2. The van der Waals surface area contributed by atoms with Crippen LogP contribution in [-0.2, 0) is 16.6 Å². The molecule has 1 unspecified atom stereocenters. The summed E-state index contributed by atoms with van der Waals surface area (Å²) in [5, 5.41) is 3.31. The first-order valence-electron chi connectivity index (χ1n) is 6.90. The molecule has 6 heteroatoms. The molecule has 2 N–H and O–H groups in total. The Bertz CT molecular complexity index is 521. The van der Waals surface area contributed by atoms with Crippen LogP contribution < -0.4 is 10.0 Å². The Morgan fingerprint density at radius 3 is 2.55 bits per heavy atom. The summed E-state index contributed by atoms with van der Waals surface area (Å²) in [6.07, 6.45) is 0.917. The van der Waals surface area contributed by atoms with Gasteiger partial charge in [-0.3, -0.25) is 0 Å². The fourth-order valence-corrected chi connectivity index (χ4v) is 4.55. The topological polar surface area (TPSA) is 58.2 Å². The molecule has 1 aromatic carbocycles. The molecule has 0 aromatic heterocycles. The second-order valence-corrected chi connectivity index (χ2v) is 8.23. The molecule has 0 amide bonds. The predicted molar refractivity (Wildman–Crippen MR) is 84.5 cm³/mol. The molecule has 0 spiro atoms. The van der Waals surface area contributed by atoms with Crippen molar-refractivity contribution in [3.05, 3.63) is 29.8 Å². The average Bonchev–Trinajstić information content (AvgIpc) is 2.89. The summed E-state index contributed by atoms with van der Waals surface area (Å²) < 4.78 is 27.2. The van der Waals surface area contributed by atoms with Crippen LogP contribution in [-0.4, -0.2) is 32.0 Å². The fraction of sp³-hybridized carbons (Fsp3) is 0.571. The van der Waals surface area contributed by atoms with Crippen LogP contribution in [0.5, 0.6) is 0 Å². The average molecular weight is 314 g/mol. The highest BCUT2D eigenvalue weighted by atomic mass is 32.2. The lowest BCUT2D eigenvalue weighted by molar-refractivity contribution is 0.562. The Labute approximate surface area is 125 Å². The number of hydrogen-bond donors (Lipinski definition) is 2. The summed E-state index contributed by atoms with van der Waals surface area (Å²) in [5.41, 5.74) is 1.09. The molecule has 0 aliphatic carbocycles. The largest absolute Gasteiger partial charge is 0.310 e. The maximum atomic E-state index is 12.2. The van der Waals surface area contributed by atoms with E-state index in [4.69, 9.17) is 0 Å². The van der Waals surface area contributed by atoms with E-state index in [2.05, 4.69) is 23.9 Å². The van der Waals surface area contributed by atoms with Crippen LogP contribution in [0.1, 0.15) is 25.8 Å². The maximum absolute atomic E-state index is 12.2. The molecule has 1 fully saturated rings. The standard InChI is InChI=1S/C14H22N2O2S2/c1-11(2)15-9-12-3-5-14(6-4-12)20(17,18)16-13-7-8-19-10-13/h3-6,11,13,15-16H,7-10H2,1-2H3. The van der Waals surface area contributed by atoms with E-state index >= 15 is 0 Å². The molecule has 1 aliphatic rings. The second kappa shape index (κ2) is 6.93. The van der Waals surface area contributed by atoms with E-state index in [0.29, 0.717) is 10.9 Å². The molecule has 2 rings (SSSR count). The Kier molecular flexibility index (Phi) is 5.49. The number of hydrogen-bond acceptors (Lipinski definition) is 4. The van der Waals surface area contributed by atoms with E-state index in [1.165, 1.54) is 0 Å². The normalized spacial score (nSPS) is 19.6. The number of benzene rings is 1. The van der Waals surface area contributed by atoms with Gasteiger partial charge >= 0.3 is 0 Å². The molecule has 1 saturated heterocycles. The molecular formula is C14H22N2O2S2. The molecule has 0 radical (unpaired) electrons. The van der Waals surface area contributed by atoms with Gasteiger partial charge in [-0.05, 0) is 29.9 Å². The van der Waals surface area contributed by atoms with Crippen LogP contribution in [0.2, 0.25) is 0 Å². The Hall–Kier alpha value is -0.560. The van der Waals surface area contributed by atoms with Gasteiger partial charge in [0.2, 0.25) is 10.0 Å². The van der Waals surface area contributed by atoms with Crippen molar-refractivity contribution in [2.75, 3.05) is 11.5 Å². The second-order valence-electron chi connectivity index (χ2n) is 5.36. The van der Waals surface area contributed by atoms with Crippen LogP contribution in [0.4, 0.5) is 0 Å². The lowest BCUT2D eigenvalue weighted by Gasteiger charge is -2.13. The highest BCUT2D eigenvalue weighted by Crippen LogP contribution is 2.19. The molecular weight excluding hydrogens is 292 g/mol. The van der Waals surface area contributed by atoms with E-state index in [0.717, 1.165) is 30.0 Å². The molecule has 1 atom stereocenters. The minimum absolute atomic E-state index is 0.0762. The molecule has 4 nitrogen and oxygen atoms in total. The monoisotopic (exact) mass is 314 g/mol. The smallest absolute Gasteiger partial charge is 0.240 e. The van der Waals surface area contributed by atoms with Crippen molar-refractivity contribution in [3.8, 4) is 0 Å². The highest BCUT2D eigenvalue weighted by Gasteiger charge is 2.22. The molecule has 1 heterocycles. The van der Waals surface area contributed by atoms with E-state index in [9.17, 15) is 8.42 Å². The van der Waals surface area contributed by atoms with Gasteiger partial charge in [0.25, 0.3) is 0 Å². The van der Waals surface area contributed by atoms with Crippen molar-refractivity contribution in [1.29, 1.82) is 0 Å². The number of rotatable bonds is 6. The lowest BCUT2D eigenvalue weighted by atomic mass is 10.2. The first kappa shape index (κ1) is 15.8. The third-order valence-corrected chi connectivity index (χ3v) is 5.90. The molecule has 1 aromatic rings. The van der Waals surface area contributed by atoms with Crippen molar-refractivity contribution in [2.45, 2.75) is 43.8 Å². The fourth-order valence-electron chi connectivity index (χ4n) is 2.02. The quantitative estimate of drug-likeness (QED) is 0.843. The third-order valence-electron chi connectivity index (χ3n) is 3.20. The zero-order valence-electron chi connectivity index (χ0n) is 11.9. The van der Waals surface area contributed by atoms with Crippen molar-refractivity contribution in [2.24, 2.45) is 0 Å². The van der Waals surface area contributed by atoms with E-state index in [-0.39, 0.29) is 6.04 Å². The summed E-state index contributed by atoms with van der Waals surface area (Å²) in [6.45, 7) is 4.93. The SMILES string of the molecule is CC(C)NCc1ccc(S(=O)(=O)NC2CCSC2)cc1. The van der Waals surface area contributed by atoms with Crippen LogP contribution in [0, 0.1) is 0 Å². The van der Waals surface area contributed by atoms with E-state index < -0.39 is 10.0 Å².